The van der Waals surface area contributed by atoms with Crippen LogP contribution < -0.4 is 5.32 Å². The third kappa shape index (κ3) is 2.39. The molecule has 3 rings (SSSR count). The molecular formula is C16H24N4. The smallest absolute Gasteiger partial charge is 0.157 e. The number of nitrogens with one attached hydrogen (secondary N) is 1. The Labute approximate surface area is 120 Å². The Kier molecular flexibility index (Phi) is 3.40. The lowest BCUT2D eigenvalue weighted by atomic mass is 9.79. The van der Waals surface area contributed by atoms with E-state index in [9.17, 15) is 0 Å². The second-order valence-electron chi connectivity index (χ2n) is 6.41. The predicted octanol–water partition coefficient (Wildman–Crippen LogP) is 3.51. The summed E-state index contributed by atoms with van der Waals surface area (Å²) in [6.07, 6.45) is 5.77. The molecule has 1 fully saturated rings. The molecule has 2 heterocycles. The van der Waals surface area contributed by atoms with Gasteiger partial charge in [-0.25, -0.2) is 4.98 Å². The molecule has 1 aliphatic carbocycles. The van der Waals surface area contributed by atoms with Gasteiger partial charge in [-0.2, -0.15) is 5.10 Å². The van der Waals surface area contributed by atoms with E-state index in [1.807, 2.05) is 24.9 Å². The fraction of sp³-hybridized carbons (Fsp3) is 0.625. The van der Waals surface area contributed by atoms with E-state index in [1.165, 1.54) is 19.3 Å². The van der Waals surface area contributed by atoms with E-state index < -0.39 is 0 Å². The number of hydrogen-bond donors (Lipinski definition) is 1. The zero-order chi connectivity index (χ0) is 14.3. The molecule has 0 amide bonds. The molecule has 0 spiro atoms. The summed E-state index contributed by atoms with van der Waals surface area (Å²) in [5.41, 5.74) is 3.13. The van der Waals surface area contributed by atoms with Gasteiger partial charge in [-0.3, -0.25) is 4.68 Å². The normalized spacial score (nSPS) is 26.9. The topological polar surface area (TPSA) is 42.7 Å². The first kappa shape index (κ1) is 13.4. The SMILES string of the molecule is Cc1nn(C)c2ncc(NC3CCC(C)C(C)C3)cc12. The molecule has 4 nitrogen and oxygen atoms in total. The number of pyridine rings is 1. The summed E-state index contributed by atoms with van der Waals surface area (Å²) in [5.74, 6) is 1.66. The van der Waals surface area contributed by atoms with E-state index in [4.69, 9.17) is 0 Å². The molecular weight excluding hydrogens is 248 g/mol. The Morgan fingerprint density at radius 1 is 1.25 bits per heavy atom. The van der Waals surface area contributed by atoms with Crippen molar-refractivity contribution in [2.45, 2.75) is 46.1 Å². The van der Waals surface area contributed by atoms with Crippen LogP contribution >= 0.6 is 0 Å². The van der Waals surface area contributed by atoms with E-state index in [1.54, 1.807) is 0 Å². The molecule has 2 aromatic heterocycles. The highest BCUT2D eigenvalue weighted by molar-refractivity contribution is 5.81. The molecule has 0 saturated heterocycles. The second-order valence-corrected chi connectivity index (χ2v) is 6.41. The van der Waals surface area contributed by atoms with Crippen LogP contribution in [-0.4, -0.2) is 20.8 Å². The highest BCUT2D eigenvalue weighted by Crippen LogP contribution is 2.31. The third-order valence-electron chi connectivity index (χ3n) is 4.83. The van der Waals surface area contributed by atoms with Gasteiger partial charge in [-0.1, -0.05) is 13.8 Å². The molecule has 2 aromatic rings. The highest BCUT2D eigenvalue weighted by Gasteiger charge is 2.24. The fourth-order valence-electron chi connectivity index (χ4n) is 3.30. The van der Waals surface area contributed by atoms with Gasteiger partial charge in [0.15, 0.2) is 5.65 Å². The molecule has 4 heteroatoms. The lowest BCUT2D eigenvalue weighted by Crippen LogP contribution is -2.30. The number of nitrogens with zero attached hydrogens (tertiary/aromatic N) is 3. The number of anilines is 1. The highest BCUT2D eigenvalue weighted by atomic mass is 15.3. The minimum atomic E-state index is 0.581. The van der Waals surface area contributed by atoms with Gasteiger partial charge in [-0.05, 0) is 44.1 Å². The summed E-state index contributed by atoms with van der Waals surface area (Å²) in [6.45, 7) is 6.77. The van der Waals surface area contributed by atoms with E-state index in [2.05, 4.69) is 35.3 Å². The van der Waals surface area contributed by atoms with E-state index in [0.29, 0.717) is 6.04 Å². The molecule has 1 saturated carbocycles. The van der Waals surface area contributed by atoms with Gasteiger partial charge >= 0.3 is 0 Å². The van der Waals surface area contributed by atoms with Crippen molar-refractivity contribution in [2.75, 3.05) is 5.32 Å². The Bertz CT molecular complexity index is 616. The zero-order valence-corrected chi connectivity index (χ0v) is 12.8. The summed E-state index contributed by atoms with van der Waals surface area (Å²) in [4.78, 5) is 4.54. The van der Waals surface area contributed by atoms with Crippen LogP contribution in [-0.2, 0) is 7.05 Å². The third-order valence-corrected chi connectivity index (χ3v) is 4.83. The Morgan fingerprint density at radius 2 is 2.05 bits per heavy atom. The van der Waals surface area contributed by atoms with Crippen LogP contribution in [0.4, 0.5) is 5.69 Å². The van der Waals surface area contributed by atoms with Crippen molar-refractivity contribution < 1.29 is 0 Å². The summed E-state index contributed by atoms with van der Waals surface area (Å²) in [6, 6.07) is 2.77. The first-order valence-electron chi connectivity index (χ1n) is 7.60. The molecule has 0 aromatic carbocycles. The van der Waals surface area contributed by atoms with Crippen molar-refractivity contribution in [3.63, 3.8) is 0 Å². The first-order valence-corrected chi connectivity index (χ1v) is 7.60. The van der Waals surface area contributed by atoms with Crippen molar-refractivity contribution in [3.05, 3.63) is 18.0 Å². The molecule has 3 unspecified atom stereocenters. The standard InChI is InChI=1S/C16H24N4/c1-10-5-6-13(7-11(10)2)18-14-8-15-12(3)19-20(4)16(15)17-9-14/h8-11,13,18H,5-7H2,1-4H3. The summed E-state index contributed by atoms with van der Waals surface area (Å²) in [5, 5.41) is 9.24. The van der Waals surface area contributed by atoms with Crippen molar-refractivity contribution in [2.24, 2.45) is 18.9 Å². The quantitative estimate of drug-likeness (QED) is 0.909. The Hall–Kier alpha value is -1.58. The van der Waals surface area contributed by atoms with Crippen molar-refractivity contribution in [1.82, 2.24) is 14.8 Å². The Balaban J connectivity index is 1.79. The van der Waals surface area contributed by atoms with Gasteiger partial charge in [0.2, 0.25) is 0 Å². The van der Waals surface area contributed by atoms with Gasteiger partial charge in [0.25, 0.3) is 0 Å². The molecule has 1 aliphatic rings. The van der Waals surface area contributed by atoms with Crippen LogP contribution in [0.15, 0.2) is 12.3 Å². The summed E-state index contributed by atoms with van der Waals surface area (Å²) in [7, 11) is 1.94. The first-order chi connectivity index (χ1) is 9.54. The lowest BCUT2D eigenvalue weighted by Gasteiger charge is -2.33. The van der Waals surface area contributed by atoms with Crippen LogP contribution in [0.5, 0.6) is 0 Å². The maximum atomic E-state index is 4.54. The number of aromatic nitrogens is 3. The molecule has 0 aliphatic heterocycles. The van der Waals surface area contributed by atoms with Crippen LogP contribution in [0, 0.1) is 18.8 Å². The fourth-order valence-corrected chi connectivity index (χ4v) is 3.30. The maximum Gasteiger partial charge on any atom is 0.157 e. The number of rotatable bonds is 2. The molecule has 1 N–H and O–H groups in total. The number of aryl methyl sites for hydroxylation is 2. The van der Waals surface area contributed by atoms with Crippen LogP contribution in [0.25, 0.3) is 11.0 Å². The zero-order valence-electron chi connectivity index (χ0n) is 12.8. The monoisotopic (exact) mass is 272 g/mol. The largest absolute Gasteiger partial charge is 0.381 e. The molecule has 3 atom stereocenters. The summed E-state index contributed by atoms with van der Waals surface area (Å²) < 4.78 is 1.85. The van der Waals surface area contributed by atoms with Crippen LogP contribution in [0.3, 0.4) is 0 Å². The van der Waals surface area contributed by atoms with Gasteiger partial charge < -0.3 is 5.32 Å². The van der Waals surface area contributed by atoms with Crippen molar-refractivity contribution in [1.29, 1.82) is 0 Å². The van der Waals surface area contributed by atoms with E-state index in [0.717, 1.165) is 34.3 Å². The van der Waals surface area contributed by atoms with Gasteiger partial charge in [0.1, 0.15) is 0 Å². The number of hydrogen-bond acceptors (Lipinski definition) is 3. The molecule has 108 valence electrons. The average molecular weight is 272 g/mol. The van der Waals surface area contributed by atoms with E-state index in [-0.39, 0.29) is 0 Å². The predicted molar refractivity (Wildman–Crippen MR) is 82.8 cm³/mol. The van der Waals surface area contributed by atoms with E-state index >= 15 is 0 Å². The minimum absolute atomic E-state index is 0.581. The second kappa shape index (κ2) is 5.08. The number of fused-ring (bicyclic) bond motifs is 1. The average Bonchev–Trinajstić information content (AvgIpc) is 2.69. The van der Waals surface area contributed by atoms with Gasteiger partial charge in [0.05, 0.1) is 17.6 Å². The molecule has 0 radical (unpaired) electrons. The maximum absolute atomic E-state index is 4.54. The van der Waals surface area contributed by atoms with Crippen molar-refractivity contribution >= 4 is 16.7 Å². The van der Waals surface area contributed by atoms with Gasteiger partial charge in [0, 0.05) is 18.5 Å². The van der Waals surface area contributed by atoms with Crippen LogP contribution in [0.2, 0.25) is 0 Å². The minimum Gasteiger partial charge on any atom is -0.381 e. The molecule has 20 heavy (non-hydrogen) atoms. The van der Waals surface area contributed by atoms with Gasteiger partial charge in [-0.15, -0.1) is 0 Å². The molecule has 0 bridgehead atoms. The van der Waals surface area contributed by atoms with Crippen molar-refractivity contribution in [3.8, 4) is 0 Å². The lowest BCUT2D eigenvalue weighted by molar-refractivity contribution is 0.261. The summed E-state index contributed by atoms with van der Waals surface area (Å²) >= 11 is 0. The Morgan fingerprint density at radius 3 is 2.80 bits per heavy atom. The van der Waals surface area contributed by atoms with Crippen LogP contribution in [0.1, 0.15) is 38.8 Å².